The summed E-state index contributed by atoms with van der Waals surface area (Å²) in [6, 6.07) is 5.91. The minimum atomic E-state index is -0.245. The number of aromatic amines is 1. The van der Waals surface area contributed by atoms with E-state index in [1.165, 1.54) is 5.56 Å². The Kier molecular flexibility index (Phi) is 3.53. The molecule has 0 aliphatic heterocycles. The molecule has 0 spiro atoms. The average molecular weight is 285 g/mol. The summed E-state index contributed by atoms with van der Waals surface area (Å²) >= 11 is 0. The number of para-hydroxylation sites is 1. The topological polar surface area (TPSA) is 59.2 Å². The van der Waals surface area contributed by atoms with E-state index in [0.717, 1.165) is 23.7 Å². The van der Waals surface area contributed by atoms with E-state index in [4.69, 9.17) is 4.74 Å². The number of carbonyl (C=O) groups is 2. The summed E-state index contributed by atoms with van der Waals surface area (Å²) in [5.74, 6) is -0.0126. The van der Waals surface area contributed by atoms with E-state index in [0.29, 0.717) is 11.5 Å². The maximum atomic E-state index is 12.3. The number of aromatic nitrogens is 1. The summed E-state index contributed by atoms with van der Waals surface area (Å²) in [6.45, 7) is 3.92. The summed E-state index contributed by atoms with van der Waals surface area (Å²) in [4.78, 5) is 27.1. The van der Waals surface area contributed by atoms with Crippen LogP contribution >= 0.6 is 0 Å². The number of aryl methyl sites for hydroxylation is 1. The second-order valence-electron chi connectivity index (χ2n) is 5.75. The van der Waals surface area contributed by atoms with Crippen molar-refractivity contribution in [3.8, 4) is 0 Å². The van der Waals surface area contributed by atoms with Crippen LogP contribution in [0.3, 0.4) is 0 Å². The van der Waals surface area contributed by atoms with E-state index in [1.807, 2.05) is 25.1 Å². The summed E-state index contributed by atoms with van der Waals surface area (Å²) in [6.07, 6.45) is 3.49. The third-order valence-electron chi connectivity index (χ3n) is 4.24. The normalized spacial score (nSPS) is 20.5. The number of esters is 1. The van der Waals surface area contributed by atoms with Crippen LogP contribution in [0.1, 0.15) is 36.2 Å². The lowest BCUT2D eigenvalue weighted by Gasteiger charge is -2.03. The van der Waals surface area contributed by atoms with Crippen LogP contribution in [0.4, 0.5) is 0 Å². The molecule has 1 aromatic heterocycles. The number of hydrogen-bond acceptors (Lipinski definition) is 3. The van der Waals surface area contributed by atoms with Crippen molar-refractivity contribution in [1.29, 1.82) is 0 Å². The molecule has 1 heterocycles. The molecule has 1 aliphatic rings. The van der Waals surface area contributed by atoms with Gasteiger partial charge in [-0.25, -0.2) is 0 Å². The fourth-order valence-electron chi connectivity index (χ4n) is 2.71. The van der Waals surface area contributed by atoms with Gasteiger partial charge in [0.2, 0.25) is 5.78 Å². The number of Topliss-reactive ketones (excluding diaryl/α,β-unsaturated/α-hetero) is 1. The van der Waals surface area contributed by atoms with Crippen molar-refractivity contribution < 1.29 is 14.3 Å². The first-order chi connectivity index (χ1) is 10.1. The molecule has 4 heteroatoms. The minimum Gasteiger partial charge on any atom is -0.457 e. The lowest BCUT2D eigenvalue weighted by Crippen LogP contribution is -2.15. The molecule has 0 unspecified atom stereocenters. The quantitative estimate of drug-likeness (QED) is 0.678. The largest absolute Gasteiger partial charge is 0.457 e. The first-order valence-electron chi connectivity index (χ1n) is 7.40. The van der Waals surface area contributed by atoms with Gasteiger partial charge >= 0.3 is 5.97 Å². The molecular weight excluding hydrogens is 266 g/mol. The average Bonchev–Trinajstić information content (AvgIpc) is 3.07. The molecule has 1 saturated carbocycles. The van der Waals surface area contributed by atoms with Crippen LogP contribution in [0.25, 0.3) is 10.9 Å². The smallest absolute Gasteiger partial charge is 0.309 e. The Morgan fingerprint density at radius 1 is 1.38 bits per heavy atom. The Morgan fingerprint density at radius 3 is 2.81 bits per heavy atom. The summed E-state index contributed by atoms with van der Waals surface area (Å²) < 4.78 is 5.13. The van der Waals surface area contributed by atoms with Crippen LogP contribution in [-0.2, 0) is 16.0 Å². The highest BCUT2D eigenvalue weighted by molar-refractivity contribution is 6.09. The highest BCUT2D eigenvalue weighted by Gasteiger charge is 2.40. The standard InChI is InChI=1S/C17H19NO3/c1-3-11-5-4-6-12-14(8-18-16(11)12)15(19)9-21-17(20)13-7-10(13)2/h4-6,8,10,13,18H,3,7,9H2,1-2H3/t10-,13-/m0/s1. The molecule has 3 rings (SSSR count). The van der Waals surface area contributed by atoms with Gasteiger partial charge in [-0.3, -0.25) is 9.59 Å². The molecule has 0 amide bonds. The van der Waals surface area contributed by atoms with Crippen LogP contribution in [0.2, 0.25) is 0 Å². The molecule has 1 aliphatic carbocycles. The second-order valence-corrected chi connectivity index (χ2v) is 5.75. The van der Waals surface area contributed by atoms with Gasteiger partial charge in [-0.1, -0.05) is 32.0 Å². The zero-order valence-corrected chi connectivity index (χ0v) is 12.3. The zero-order valence-electron chi connectivity index (χ0n) is 12.3. The number of fused-ring (bicyclic) bond motifs is 1. The Morgan fingerprint density at radius 2 is 2.14 bits per heavy atom. The molecule has 2 atom stereocenters. The Hall–Kier alpha value is -2.10. The third kappa shape index (κ3) is 2.58. The van der Waals surface area contributed by atoms with Crippen molar-refractivity contribution >= 4 is 22.7 Å². The van der Waals surface area contributed by atoms with E-state index >= 15 is 0 Å². The number of carbonyl (C=O) groups excluding carboxylic acids is 2. The summed E-state index contributed by atoms with van der Waals surface area (Å²) in [5.41, 5.74) is 2.76. The van der Waals surface area contributed by atoms with Gasteiger partial charge in [0.15, 0.2) is 6.61 Å². The molecule has 2 aromatic rings. The fourth-order valence-corrected chi connectivity index (χ4v) is 2.71. The van der Waals surface area contributed by atoms with E-state index < -0.39 is 0 Å². The zero-order chi connectivity index (χ0) is 15.0. The Labute approximate surface area is 123 Å². The molecule has 110 valence electrons. The van der Waals surface area contributed by atoms with E-state index in [-0.39, 0.29) is 24.3 Å². The van der Waals surface area contributed by atoms with Gasteiger partial charge in [0, 0.05) is 22.7 Å². The van der Waals surface area contributed by atoms with E-state index in [2.05, 4.69) is 11.9 Å². The van der Waals surface area contributed by atoms with Gasteiger partial charge in [-0.15, -0.1) is 0 Å². The predicted molar refractivity (Wildman–Crippen MR) is 80.2 cm³/mol. The molecule has 1 aromatic carbocycles. The third-order valence-corrected chi connectivity index (χ3v) is 4.24. The molecule has 4 nitrogen and oxygen atoms in total. The SMILES string of the molecule is CCc1cccc2c(C(=O)COC(=O)[C@H]3C[C@@H]3C)c[nH]c12. The van der Waals surface area contributed by atoms with Crippen molar-refractivity contribution in [3.63, 3.8) is 0 Å². The molecule has 0 bridgehead atoms. The van der Waals surface area contributed by atoms with E-state index in [1.54, 1.807) is 6.20 Å². The second kappa shape index (κ2) is 5.35. The van der Waals surface area contributed by atoms with Crippen molar-refractivity contribution in [1.82, 2.24) is 4.98 Å². The van der Waals surface area contributed by atoms with Crippen molar-refractivity contribution in [2.45, 2.75) is 26.7 Å². The number of nitrogens with one attached hydrogen (secondary N) is 1. The number of rotatable bonds is 5. The maximum Gasteiger partial charge on any atom is 0.309 e. The van der Waals surface area contributed by atoms with Gasteiger partial charge in [-0.05, 0) is 24.3 Å². The van der Waals surface area contributed by atoms with E-state index in [9.17, 15) is 9.59 Å². The van der Waals surface area contributed by atoms with Gasteiger partial charge in [0.25, 0.3) is 0 Å². The van der Waals surface area contributed by atoms with Crippen LogP contribution in [-0.4, -0.2) is 23.3 Å². The van der Waals surface area contributed by atoms with Gasteiger partial charge in [-0.2, -0.15) is 0 Å². The van der Waals surface area contributed by atoms with Gasteiger partial charge in [0.05, 0.1) is 5.92 Å². The number of ketones is 1. The highest BCUT2D eigenvalue weighted by atomic mass is 16.5. The number of benzene rings is 1. The fraction of sp³-hybridized carbons (Fsp3) is 0.412. The molecule has 0 saturated heterocycles. The number of H-pyrrole nitrogens is 1. The molecule has 1 fully saturated rings. The molecule has 1 N–H and O–H groups in total. The lowest BCUT2D eigenvalue weighted by molar-refractivity contribution is -0.144. The van der Waals surface area contributed by atoms with Crippen LogP contribution in [0.5, 0.6) is 0 Å². The van der Waals surface area contributed by atoms with Gasteiger partial charge in [0.1, 0.15) is 0 Å². The summed E-state index contributed by atoms with van der Waals surface area (Å²) in [5, 5.41) is 0.898. The summed E-state index contributed by atoms with van der Waals surface area (Å²) in [7, 11) is 0. The first-order valence-corrected chi connectivity index (χ1v) is 7.40. The van der Waals surface area contributed by atoms with Crippen molar-refractivity contribution in [2.75, 3.05) is 6.61 Å². The van der Waals surface area contributed by atoms with Crippen molar-refractivity contribution in [3.05, 3.63) is 35.5 Å². The maximum absolute atomic E-state index is 12.3. The first kappa shape index (κ1) is 13.9. The Balaban J connectivity index is 1.74. The monoisotopic (exact) mass is 285 g/mol. The predicted octanol–water partition coefficient (Wildman–Crippen LogP) is 3.11. The van der Waals surface area contributed by atoms with Crippen molar-refractivity contribution in [2.24, 2.45) is 11.8 Å². The lowest BCUT2D eigenvalue weighted by atomic mass is 10.1. The van der Waals surface area contributed by atoms with Gasteiger partial charge < -0.3 is 9.72 Å². The number of hydrogen-bond donors (Lipinski definition) is 1. The molecule has 21 heavy (non-hydrogen) atoms. The van der Waals surface area contributed by atoms with Crippen LogP contribution in [0, 0.1) is 11.8 Å². The number of ether oxygens (including phenoxy) is 1. The Bertz CT molecular complexity index is 701. The molecule has 0 radical (unpaired) electrons. The highest BCUT2D eigenvalue weighted by Crippen LogP contribution is 2.38. The van der Waals surface area contributed by atoms with Crippen LogP contribution < -0.4 is 0 Å². The van der Waals surface area contributed by atoms with Crippen LogP contribution in [0.15, 0.2) is 24.4 Å². The molecular formula is C17H19NO3. The minimum absolute atomic E-state index is 0.00698.